The summed E-state index contributed by atoms with van der Waals surface area (Å²) in [6, 6.07) is 0. The molecular formula is C5H10O2. The number of rotatable bonds is 0. The third-order valence-electron chi connectivity index (χ3n) is 1.27. The molecule has 1 fully saturated rings. The Bertz CT molecular complexity index is 92.4. The van der Waals surface area contributed by atoms with Gasteiger partial charge in [0.05, 0.1) is 0 Å². The molecule has 1 rings (SSSR count). The van der Waals surface area contributed by atoms with E-state index < -0.39 is 6.10 Å². The molecule has 0 radical (unpaired) electrons. The third kappa shape index (κ3) is 0.800. The van der Waals surface area contributed by atoms with Gasteiger partial charge in [-0.3, -0.25) is 4.79 Å². The van der Waals surface area contributed by atoms with Gasteiger partial charge in [-0.2, -0.15) is 0 Å². The molecule has 1 aliphatic carbocycles. The molecule has 0 aliphatic heterocycles. The number of aliphatic hydroxyl groups excluding tert-OH is 1. The number of hydrogen-bond acceptors (Lipinski definition) is 2. The van der Waals surface area contributed by atoms with Gasteiger partial charge in [0, 0.05) is 7.85 Å². The molecule has 0 aromatic carbocycles. The zero-order valence-electron chi connectivity index (χ0n) is 4.05. The molecule has 0 spiro atoms. The number of ketones is 1. The van der Waals surface area contributed by atoms with E-state index in [0.717, 1.165) is 6.42 Å². The van der Waals surface area contributed by atoms with E-state index in [1.807, 2.05) is 0 Å². The van der Waals surface area contributed by atoms with E-state index in [9.17, 15) is 4.79 Å². The maximum absolute atomic E-state index is 10.3. The van der Waals surface area contributed by atoms with E-state index in [-0.39, 0.29) is 7.21 Å². The summed E-state index contributed by atoms with van der Waals surface area (Å²) < 4.78 is 0. The molecule has 0 amide bonds. The largest absolute Gasteiger partial charge is 0.385 e. The molecule has 0 heterocycles. The first kappa shape index (κ1) is 4.78. The maximum atomic E-state index is 10.3. The number of carbonyl (C=O) groups excluding carboxylic acids is 1. The summed E-state index contributed by atoms with van der Waals surface area (Å²) in [5, 5.41) is 8.65. The van der Waals surface area contributed by atoms with Crippen LogP contribution in [0.15, 0.2) is 0 Å². The topological polar surface area (TPSA) is 37.3 Å². The molecule has 2 nitrogen and oxygen atoms in total. The highest BCUT2D eigenvalue weighted by Gasteiger charge is 2.20. The molecule has 1 atom stereocenters. The van der Waals surface area contributed by atoms with Gasteiger partial charge in [0.25, 0.3) is 0 Å². The standard InChI is InChI=1S/C5H8O2.H2/c6-4-2-1-3-5(4)7;/h4,6H,1-3H2;1H. The molecule has 2 heteroatoms. The van der Waals surface area contributed by atoms with Gasteiger partial charge in [-0.15, -0.1) is 0 Å². The highest BCUT2D eigenvalue weighted by molar-refractivity contribution is 5.84. The third-order valence-corrected chi connectivity index (χ3v) is 1.27. The van der Waals surface area contributed by atoms with E-state index in [2.05, 4.69) is 0 Å². The van der Waals surface area contributed by atoms with Crippen molar-refractivity contribution in [3.8, 4) is 0 Å². The average Bonchev–Trinajstić information content (AvgIpc) is 1.91. The number of aliphatic hydroxyl groups is 1. The predicted octanol–water partition coefficient (Wildman–Crippen LogP) is 0.346. The van der Waals surface area contributed by atoms with Gasteiger partial charge in [0.2, 0.25) is 0 Å². The van der Waals surface area contributed by atoms with Crippen LogP contribution in [-0.2, 0) is 4.79 Å². The molecule has 7 heavy (non-hydrogen) atoms. The summed E-state index contributed by atoms with van der Waals surface area (Å²) in [6.45, 7) is 0. The van der Waals surface area contributed by atoms with E-state index >= 15 is 0 Å². The van der Waals surface area contributed by atoms with Crippen molar-refractivity contribution in [1.29, 1.82) is 0 Å². The van der Waals surface area contributed by atoms with Crippen LogP contribution >= 0.6 is 0 Å². The summed E-state index contributed by atoms with van der Waals surface area (Å²) in [6.07, 6.45) is 1.51. The van der Waals surface area contributed by atoms with Gasteiger partial charge >= 0.3 is 0 Å². The minimum absolute atomic E-state index is 0. The highest BCUT2D eigenvalue weighted by Crippen LogP contribution is 2.12. The molecular weight excluding hydrogens is 92.1 g/mol. The van der Waals surface area contributed by atoms with Crippen LogP contribution in [0.4, 0.5) is 0 Å². The Morgan fingerprint density at radius 2 is 2.57 bits per heavy atom. The second-order valence-electron chi connectivity index (χ2n) is 1.87. The lowest BCUT2D eigenvalue weighted by Gasteiger charge is -1.90. The Kier molecular flexibility index (Phi) is 1.11. The fraction of sp³-hybridized carbons (Fsp3) is 0.800. The quantitative estimate of drug-likeness (QED) is 0.479. The van der Waals surface area contributed by atoms with Crippen molar-refractivity contribution in [3.63, 3.8) is 0 Å². The minimum Gasteiger partial charge on any atom is -0.385 e. The van der Waals surface area contributed by atoms with Crippen molar-refractivity contribution in [2.45, 2.75) is 25.4 Å². The first-order valence-electron chi connectivity index (χ1n) is 2.51. The van der Waals surface area contributed by atoms with Gasteiger partial charge in [-0.05, 0) is 12.8 Å². The molecule has 0 bridgehead atoms. The monoisotopic (exact) mass is 102 g/mol. The summed E-state index contributed by atoms with van der Waals surface area (Å²) >= 11 is 0. The molecule has 1 N–H and O–H groups in total. The highest BCUT2D eigenvalue weighted by atomic mass is 16.3. The first-order valence-corrected chi connectivity index (χ1v) is 2.51. The maximum Gasteiger partial charge on any atom is 0.161 e. The van der Waals surface area contributed by atoms with Gasteiger partial charge in [-0.25, -0.2) is 0 Å². The van der Waals surface area contributed by atoms with Gasteiger partial charge < -0.3 is 5.11 Å². The smallest absolute Gasteiger partial charge is 0.161 e. The van der Waals surface area contributed by atoms with Crippen LogP contribution < -0.4 is 0 Å². The number of Topliss-reactive ketones (excluding diaryl/α,β-unsaturated/α-hetero) is 1. The van der Waals surface area contributed by atoms with Crippen LogP contribution in [0.1, 0.15) is 20.7 Å². The molecule has 1 saturated carbocycles. The van der Waals surface area contributed by atoms with Crippen LogP contribution in [-0.4, -0.2) is 17.0 Å². The molecule has 0 aromatic rings. The van der Waals surface area contributed by atoms with Crippen LogP contribution in [0.2, 0.25) is 0 Å². The van der Waals surface area contributed by atoms with Crippen LogP contribution in [0.3, 0.4) is 0 Å². The summed E-state index contributed by atoms with van der Waals surface area (Å²) in [5.41, 5.74) is 0. The Morgan fingerprint density at radius 1 is 1.86 bits per heavy atom. The fourth-order valence-corrected chi connectivity index (χ4v) is 0.797. The van der Waals surface area contributed by atoms with Crippen molar-refractivity contribution in [1.82, 2.24) is 0 Å². The van der Waals surface area contributed by atoms with Crippen LogP contribution in [0.25, 0.3) is 0 Å². The molecule has 1 unspecified atom stereocenters. The summed E-state index contributed by atoms with van der Waals surface area (Å²) in [7, 11) is 0. The Morgan fingerprint density at radius 3 is 2.71 bits per heavy atom. The molecule has 0 saturated heterocycles. The lowest BCUT2D eigenvalue weighted by molar-refractivity contribution is -0.124. The van der Waals surface area contributed by atoms with E-state index in [1.165, 1.54) is 0 Å². The SMILES string of the molecule is O=C1CCCC1O.[HH]. The number of carbonyl (C=O) groups is 1. The molecule has 0 aromatic heterocycles. The van der Waals surface area contributed by atoms with Crippen LogP contribution in [0, 0.1) is 0 Å². The van der Waals surface area contributed by atoms with Gasteiger partial charge in [-0.1, -0.05) is 0 Å². The Balaban J connectivity index is 0.000000490. The lowest BCUT2D eigenvalue weighted by Crippen LogP contribution is -2.10. The van der Waals surface area contributed by atoms with E-state index in [1.54, 1.807) is 0 Å². The number of hydrogen-bond donors (Lipinski definition) is 1. The van der Waals surface area contributed by atoms with Crippen molar-refractivity contribution in [2.75, 3.05) is 0 Å². The Labute approximate surface area is 43.6 Å². The van der Waals surface area contributed by atoms with Crippen LogP contribution in [0.5, 0.6) is 0 Å². The van der Waals surface area contributed by atoms with E-state index in [4.69, 9.17) is 5.11 Å². The second kappa shape index (κ2) is 1.62. The lowest BCUT2D eigenvalue weighted by atomic mass is 10.3. The zero-order valence-corrected chi connectivity index (χ0v) is 4.05. The zero-order chi connectivity index (χ0) is 5.28. The molecule has 42 valence electrons. The predicted molar refractivity (Wildman–Crippen MR) is 27.0 cm³/mol. The van der Waals surface area contributed by atoms with Gasteiger partial charge in [0.15, 0.2) is 5.78 Å². The Hall–Kier alpha value is -0.370. The fourth-order valence-electron chi connectivity index (χ4n) is 0.797. The van der Waals surface area contributed by atoms with Crippen molar-refractivity contribution in [2.24, 2.45) is 0 Å². The average molecular weight is 102 g/mol. The minimum atomic E-state index is -0.625. The van der Waals surface area contributed by atoms with Crippen molar-refractivity contribution < 1.29 is 11.3 Å². The van der Waals surface area contributed by atoms with E-state index in [0.29, 0.717) is 12.8 Å². The summed E-state index contributed by atoms with van der Waals surface area (Å²) in [5.74, 6) is 0.0139. The first-order chi connectivity index (χ1) is 3.30. The van der Waals surface area contributed by atoms with Crippen molar-refractivity contribution in [3.05, 3.63) is 0 Å². The summed E-state index contributed by atoms with van der Waals surface area (Å²) in [4.78, 5) is 10.3. The molecule has 1 aliphatic rings. The second-order valence-corrected chi connectivity index (χ2v) is 1.87. The van der Waals surface area contributed by atoms with Gasteiger partial charge in [0.1, 0.15) is 6.10 Å². The van der Waals surface area contributed by atoms with Crippen molar-refractivity contribution >= 4 is 5.78 Å². The normalized spacial score (nSPS) is 31.6.